The van der Waals surface area contributed by atoms with E-state index >= 15 is 0 Å². The first-order chi connectivity index (χ1) is 10.4. The smallest absolute Gasteiger partial charge is 0.399 e. The molecule has 0 bridgehead atoms. The first kappa shape index (κ1) is 14.1. The molecule has 0 saturated carbocycles. The zero-order valence-corrected chi connectivity index (χ0v) is 11.4. The van der Waals surface area contributed by atoms with Crippen LogP contribution in [0.4, 0.5) is 24.7 Å². The van der Waals surface area contributed by atoms with Crippen molar-refractivity contribution in [1.29, 1.82) is 0 Å². The number of halogens is 3. The molecule has 1 aromatic carbocycles. The van der Waals surface area contributed by atoms with Crippen LogP contribution in [0.3, 0.4) is 0 Å². The Kier molecular flexibility index (Phi) is 3.12. The SMILES string of the molecule is CNc1nc(C(F)(F)F)nc2c1ncn2-c1cccc(N)c1. The van der Waals surface area contributed by atoms with Gasteiger partial charge in [-0.15, -0.1) is 0 Å². The number of nitrogens with one attached hydrogen (secondary N) is 1. The van der Waals surface area contributed by atoms with Crippen LogP contribution in [0.5, 0.6) is 0 Å². The van der Waals surface area contributed by atoms with Crippen molar-refractivity contribution in [3.8, 4) is 5.69 Å². The summed E-state index contributed by atoms with van der Waals surface area (Å²) < 4.78 is 40.2. The van der Waals surface area contributed by atoms with Crippen molar-refractivity contribution in [2.24, 2.45) is 0 Å². The molecule has 0 aliphatic heterocycles. The van der Waals surface area contributed by atoms with E-state index < -0.39 is 12.0 Å². The van der Waals surface area contributed by atoms with Crippen LogP contribution in [-0.2, 0) is 6.18 Å². The summed E-state index contributed by atoms with van der Waals surface area (Å²) in [6.45, 7) is 0. The largest absolute Gasteiger partial charge is 0.451 e. The number of hydrogen-bond donors (Lipinski definition) is 2. The van der Waals surface area contributed by atoms with E-state index in [0.29, 0.717) is 11.4 Å². The van der Waals surface area contributed by atoms with Crippen LogP contribution in [0, 0.1) is 0 Å². The van der Waals surface area contributed by atoms with E-state index in [1.165, 1.54) is 17.9 Å². The second-order valence-electron chi connectivity index (χ2n) is 4.53. The fourth-order valence-corrected chi connectivity index (χ4v) is 2.06. The summed E-state index contributed by atoms with van der Waals surface area (Å²) in [7, 11) is 1.47. The summed E-state index contributed by atoms with van der Waals surface area (Å²) in [6.07, 6.45) is -3.26. The molecular formula is C13H11F3N6. The molecule has 0 amide bonds. The van der Waals surface area contributed by atoms with E-state index in [1.54, 1.807) is 24.3 Å². The summed E-state index contributed by atoms with van der Waals surface area (Å²) in [5, 5.41) is 2.61. The molecule has 6 nitrogen and oxygen atoms in total. The van der Waals surface area contributed by atoms with Gasteiger partial charge in [0.1, 0.15) is 6.33 Å². The van der Waals surface area contributed by atoms with Gasteiger partial charge in [-0.3, -0.25) is 4.57 Å². The Labute approximate surface area is 122 Å². The fourth-order valence-electron chi connectivity index (χ4n) is 2.06. The van der Waals surface area contributed by atoms with Crippen LogP contribution in [0.2, 0.25) is 0 Å². The zero-order valence-electron chi connectivity index (χ0n) is 11.4. The molecule has 0 aliphatic rings. The van der Waals surface area contributed by atoms with Gasteiger partial charge in [0.25, 0.3) is 0 Å². The number of hydrogen-bond acceptors (Lipinski definition) is 5. The van der Waals surface area contributed by atoms with E-state index in [4.69, 9.17) is 5.73 Å². The second kappa shape index (κ2) is 4.86. The van der Waals surface area contributed by atoms with Crippen molar-refractivity contribution in [3.05, 3.63) is 36.4 Å². The van der Waals surface area contributed by atoms with Gasteiger partial charge in [-0.25, -0.2) is 15.0 Å². The fraction of sp³-hybridized carbons (Fsp3) is 0.154. The summed E-state index contributed by atoms with van der Waals surface area (Å²) in [4.78, 5) is 11.2. The van der Waals surface area contributed by atoms with E-state index in [-0.39, 0.29) is 17.0 Å². The highest BCUT2D eigenvalue weighted by Crippen LogP contribution is 2.30. The topological polar surface area (TPSA) is 81.7 Å². The lowest BCUT2D eigenvalue weighted by molar-refractivity contribution is -0.144. The van der Waals surface area contributed by atoms with Crippen LogP contribution in [0.15, 0.2) is 30.6 Å². The third-order valence-electron chi connectivity index (χ3n) is 3.03. The highest BCUT2D eigenvalue weighted by molar-refractivity contribution is 5.84. The second-order valence-corrected chi connectivity index (χ2v) is 4.53. The Morgan fingerprint density at radius 3 is 2.64 bits per heavy atom. The minimum Gasteiger partial charge on any atom is -0.399 e. The number of anilines is 2. The van der Waals surface area contributed by atoms with E-state index in [0.717, 1.165) is 0 Å². The molecule has 0 radical (unpaired) electrons. The normalized spacial score (nSPS) is 11.8. The maximum Gasteiger partial charge on any atom is 0.451 e. The lowest BCUT2D eigenvalue weighted by Gasteiger charge is -2.09. The lowest BCUT2D eigenvalue weighted by atomic mass is 10.3. The maximum atomic E-state index is 12.9. The van der Waals surface area contributed by atoms with Gasteiger partial charge in [-0.2, -0.15) is 13.2 Å². The van der Waals surface area contributed by atoms with Crippen molar-refractivity contribution < 1.29 is 13.2 Å². The molecule has 0 saturated heterocycles. The summed E-state index contributed by atoms with van der Waals surface area (Å²) in [5.41, 5.74) is 7.06. The highest BCUT2D eigenvalue weighted by atomic mass is 19.4. The number of rotatable bonds is 2. The van der Waals surface area contributed by atoms with Gasteiger partial charge in [0.2, 0.25) is 5.82 Å². The molecule has 0 fully saturated rings. The van der Waals surface area contributed by atoms with Crippen LogP contribution in [0.25, 0.3) is 16.9 Å². The maximum absolute atomic E-state index is 12.9. The highest BCUT2D eigenvalue weighted by Gasteiger charge is 2.36. The molecule has 3 aromatic rings. The minimum absolute atomic E-state index is 0.0139. The summed E-state index contributed by atoms with van der Waals surface area (Å²) >= 11 is 0. The van der Waals surface area contributed by atoms with E-state index in [9.17, 15) is 13.2 Å². The Bertz CT molecular complexity index is 839. The number of nitrogens with two attached hydrogens (primary N) is 1. The average Bonchev–Trinajstić information content (AvgIpc) is 2.89. The van der Waals surface area contributed by atoms with Crippen molar-refractivity contribution in [3.63, 3.8) is 0 Å². The molecule has 2 heterocycles. The van der Waals surface area contributed by atoms with Crippen molar-refractivity contribution in [1.82, 2.24) is 19.5 Å². The van der Waals surface area contributed by atoms with Crippen molar-refractivity contribution in [2.45, 2.75) is 6.18 Å². The number of alkyl halides is 3. The van der Waals surface area contributed by atoms with Gasteiger partial charge in [-0.1, -0.05) is 6.07 Å². The standard InChI is InChI=1S/C13H11F3N6/c1-18-10-9-11(21-12(20-10)13(14,15)16)22(6-19-9)8-4-2-3-7(17)5-8/h2-6H,17H2,1H3,(H,18,20,21). The van der Waals surface area contributed by atoms with Gasteiger partial charge < -0.3 is 11.1 Å². The van der Waals surface area contributed by atoms with Gasteiger partial charge >= 0.3 is 6.18 Å². The van der Waals surface area contributed by atoms with E-state index in [2.05, 4.69) is 20.3 Å². The zero-order chi connectivity index (χ0) is 15.9. The molecule has 3 rings (SSSR count). The Morgan fingerprint density at radius 1 is 1.23 bits per heavy atom. The number of nitrogens with zero attached hydrogens (tertiary/aromatic N) is 4. The number of benzene rings is 1. The predicted octanol–water partition coefficient (Wildman–Crippen LogP) is 2.46. The summed E-state index contributed by atoms with van der Waals surface area (Å²) in [5.74, 6) is -1.21. The third kappa shape index (κ3) is 2.30. The number of fused-ring (bicyclic) bond motifs is 1. The number of aromatic nitrogens is 4. The third-order valence-corrected chi connectivity index (χ3v) is 3.03. The molecule has 3 N–H and O–H groups in total. The van der Waals surface area contributed by atoms with Crippen LogP contribution in [0.1, 0.15) is 5.82 Å². The Morgan fingerprint density at radius 2 is 2.00 bits per heavy atom. The van der Waals surface area contributed by atoms with E-state index in [1.807, 2.05) is 0 Å². The molecule has 0 aliphatic carbocycles. The number of imidazole rings is 1. The molecule has 0 atom stereocenters. The van der Waals surface area contributed by atoms with Gasteiger partial charge in [-0.05, 0) is 18.2 Å². The molecule has 0 spiro atoms. The molecule has 22 heavy (non-hydrogen) atoms. The molecule has 9 heteroatoms. The van der Waals surface area contributed by atoms with Crippen LogP contribution >= 0.6 is 0 Å². The van der Waals surface area contributed by atoms with Crippen molar-refractivity contribution >= 4 is 22.7 Å². The Hall–Kier alpha value is -2.84. The first-order valence-corrected chi connectivity index (χ1v) is 6.26. The van der Waals surface area contributed by atoms with Crippen molar-refractivity contribution in [2.75, 3.05) is 18.1 Å². The lowest BCUT2D eigenvalue weighted by Crippen LogP contribution is -2.13. The average molecular weight is 308 g/mol. The van der Waals surface area contributed by atoms with Crippen LogP contribution < -0.4 is 11.1 Å². The quantitative estimate of drug-likeness (QED) is 0.711. The monoisotopic (exact) mass is 308 g/mol. The molecule has 0 unspecified atom stereocenters. The Balaban J connectivity index is 2.29. The van der Waals surface area contributed by atoms with Gasteiger partial charge in [0.05, 0.1) is 5.69 Å². The van der Waals surface area contributed by atoms with Gasteiger partial charge in [0.15, 0.2) is 17.0 Å². The first-order valence-electron chi connectivity index (χ1n) is 6.26. The minimum atomic E-state index is -4.65. The predicted molar refractivity (Wildman–Crippen MR) is 75.6 cm³/mol. The van der Waals surface area contributed by atoms with Gasteiger partial charge in [0, 0.05) is 12.7 Å². The van der Waals surface area contributed by atoms with Crippen LogP contribution in [-0.4, -0.2) is 26.6 Å². The number of nitrogen functional groups attached to an aromatic ring is 1. The molecular weight excluding hydrogens is 297 g/mol. The summed E-state index contributed by atoms with van der Waals surface area (Å²) in [6, 6.07) is 6.69. The molecule has 114 valence electrons. The molecule has 2 aromatic heterocycles.